The molecule has 0 atom stereocenters. The number of halogens is 3. The van der Waals surface area contributed by atoms with Gasteiger partial charge in [-0.05, 0) is 23.8 Å². The van der Waals surface area contributed by atoms with Crippen LogP contribution in [0.4, 0.5) is 13.2 Å². The molecule has 0 saturated heterocycles. The van der Waals surface area contributed by atoms with Crippen LogP contribution >= 0.6 is 0 Å². The van der Waals surface area contributed by atoms with Crippen LogP contribution in [0.15, 0.2) is 45.8 Å². The Morgan fingerprint density at radius 3 is 2.33 bits per heavy atom. The molecule has 0 radical (unpaired) electrons. The summed E-state index contributed by atoms with van der Waals surface area (Å²) < 4.78 is 47.1. The van der Waals surface area contributed by atoms with Gasteiger partial charge < -0.3 is 9.15 Å². The molecule has 0 spiro atoms. The van der Waals surface area contributed by atoms with Crippen LogP contribution in [0.1, 0.15) is 16.9 Å². The van der Waals surface area contributed by atoms with Gasteiger partial charge in [0.2, 0.25) is 11.2 Å². The molecule has 0 N–H and O–H groups in total. The molecule has 110 valence electrons. The summed E-state index contributed by atoms with van der Waals surface area (Å²) >= 11 is 0. The van der Waals surface area contributed by atoms with Crippen LogP contribution in [0.3, 0.4) is 0 Å². The maximum atomic E-state index is 12.4. The van der Waals surface area contributed by atoms with Crippen molar-refractivity contribution < 1.29 is 22.3 Å². The summed E-state index contributed by atoms with van der Waals surface area (Å²) in [5.41, 5.74) is -0.493. The second-order valence-electron chi connectivity index (χ2n) is 4.17. The highest BCUT2D eigenvalue weighted by molar-refractivity contribution is 5.67. The summed E-state index contributed by atoms with van der Waals surface area (Å²) in [6.45, 7) is 0. The number of rotatable bonds is 3. The molecule has 0 aliphatic heterocycles. The maximum Gasteiger partial charge on any atom is 0.416 e. The smallest absolute Gasteiger partial charge is 0.416 e. The molecular weight excluding hydrogens is 285 g/mol. The van der Waals surface area contributed by atoms with E-state index in [0.717, 1.165) is 12.1 Å². The first-order valence-electron chi connectivity index (χ1n) is 5.92. The second kappa shape index (κ2) is 5.87. The SMILES string of the molecule is COc1coc(/C=C/c2ccc(C(F)(F)F)cc2)cc1=O. The second-order valence-corrected chi connectivity index (χ2v) is 4.17. The van der Waals surface area contributed by atoms with Gasteiger partial charge in [-0.2, -0.15) is 13.2 Å². The molecule has 2 aromatic rings. The average molecular weight is 296 g/mol. The zero-order valence-electron chi connectivity index (χ0n) is 11.0. The molecule has 2 rings (SSSR count). The molecule has 0 aliphatic carbocycles. The molecule has 0 aliphatic rings. The average Bonchev–Trinajstić information content (AvgIpc) is 2.45. The Bertz CT molecular complexity index is 697. The Morgan fingerprint density at radius 2 is 1.81 bits per heavy atom. The van der Waals surface area contributed by atoms with Crippen molar-refractivity contribution in [3.05, 3.63) is 63.7 Å². The standard InChI is InChI=1S/C15H11F3O3/c1-20-14-9-21-12(8-13(14)19)7-4-10-2-5-11(6-3-10)15(16,17)18/h2-9H,1H3/b7-4+. The van der Waals surface area contributed by atoms with Crippen molar-refractivity contribution >= 4 is 12.2 Å². The lowest BCUT2D eigenvalue weighted by Gasteiger charge is -2.05. The number of hydrogen-bond acceptors (Lipinski definition) is 3. The lowest BCUT2D eigenvalue weighted by molar-refractivity contribution is -0.137. The molecule has 3 nitrogen and oxygen atoms in total. The molecule has 0 bridgehead atoms. The van der Waals surface area contributed by atoms with E-state index < -0.39 is 11.7 Å². The quantitative estimate of drug-likeness (QED) is 0.864. The summed E-state index contributed by atoms with van der Waals surface area (Å²) in [7, 11) is 1.35. The van der Waals surface area contributed by atoms with Gasteiger partial charge in [0.15, 0.2) is 0 Å². The first kappa shape index (κ1) is 14.9. The van der Waals surface area contributed by atoms with E-state index in [1.165, 1.54) is 37.6 Å². The van der Waals surface area contributed by atoms with E-state index in [9.17, 15) is 18.0 Å². The minimum Gasteiger partial charge on any atom is -0.490 e. The molecule has 21 heavy (non-hydrogen) atoms. The van der Waals surface area contributed by atoms with Gasteiger partial charge in [-0.15, -0.1) is 0 Å². The first-order valence-corrected chi connectivity index (χ1v) is 5.92. The molecule has 0 saturated carbocycles. The highest BCUT2D eigenvalue weighted by atomic mass is 19.4. The fraction of sp³-hybridized carbons (Fsp3) is 0.133. The van der Waals surface area contributed by atoms with Gasteiger partial charge in [-0.25, -0.2) is 0 Å². The zero-order valence-corrected chi connectivity index (χ0v) is 11.0. The Hall–Kier alpha value is -2.50. The summed E-state index contributed by atoms with van der Waals surface area (Å²) in [5.74, 6) is 0.363. The molecule has 0 amide bonds. The van der Waals surface area contributed by atoms with E-state index in [-0.39, 0.29) is 16.9 Å². The van der Waals surface area contributed by atoms with Crippen LogP contribution in [-0.4, -0.2) is 7.11 Å². The van der Waals surface area contributed by atoms with Gasteiger partial charge in [0, 0.05) is 6.07 Å². The summed E-state index contributed by atoms with van der Waals surface area (Å²) in [6.07, 6.45) is -0.145. The zero-order chi connectivity index (χ0) is 15.5. The predicted octanol–water partition coefficient (Wildman–Crippen LogP) is 3.84. The Morgan fingerprint density at radius 1 is 1.14 bits per heavy atom. The molecule has 1 heterocycles. The number of alkyl halides is 3. The highest BCUT2D eigenvalue weighted by Gasteiger charge is 2.29. The summed E-state index contributed by atoms with van der Waals surface area (Å²) in [4.78, 5) is 11.5. The van der Waals surface area contributed by atoms with Crippen molar-refractivity contribution in [2.75, 3.05) is 7.11 Å². The fourth-order valence-corrected chi connectivity index (χ4v) is 1.61. The van der Waals surface area contributed by atoms with Crippen molar-refractivity contribution in [3.8, 4) is 5.75 Å². The van der Waals surface area contributed by atoms with Crippen molar-refractivity contribution in [1.29, 1.82) is 0 Å². The lowest BCUT2D eigenvalue weighted by atomic mass is 10.1. The summed E-state index contributed by atoms with van der Waals surface area (Å²) in [5, 5.41) is 0. The highest BCUT2D eigenvalue weighted by Crippen LogP contribution is 2.29. The Labute approximate surface area is 118 Å². The van der Waals surface area contributed by atoms with Crippen LogP contribution in [0.5, 0.6) is 5.75 Å². The van der Waals surface area contributed by atoms with Crippen LogP contribution in [0, 0.1) is 0 Å². The van der Waals surface area contributed by atoms with Crippen molar-refractivity contribution in [2.24, 2.45) is 0 Å². The van der Waals surface area contributed by atoms with Crippen LogP contribution < -0.4 is 10.2 Å². The van der Waals surface area contributed by atoms with Gasteiger partial charge >= 0.3 is 6.18 Å². The van der Waals surface area contributed by atoms with E-state index in [4.69, 9.17) is 9.15 Å². The van der Waals surface area contributed by atoms with E-state index in [0.29, 0.717) is 5.56 Å². The largest absolute Gasteiger partial charge is 0.490 e. The van der Waals surface area contributed by atoms with Gasteiger partial charge in [-0.3, -0.25) is 4.79 Å². The van der Waals surface area contributed by atoms with Gasteiger partial charge in [-0.1, -0.05) is 18.2 Å². The number of hydrogen-bond donors (Lipinski definition) is 0. The minimum absolute atomic E-state index is 0.0849. The molecule has 1 aromatic heterocycles. The van der Waals surface area contributed by atoms with Crippen molar-refractivity contribution in [1.82, 2.24) is 0 Å². The molecule has 6 heteroatoms. The predicted molar refractivity (Wildman–Crippen MR) is 71.9 cm³/mol. The van der Waals surface area contributed by atoms with E-state index in [2.05, 4.69) is 0 Å². The normalized spacial score (nSPS) is 11.8. The lowest BCUT2D eigenvalue weighted by Crippen LogP contribution is -2.04. The van der Waals surface area contributed by atoms with Crippen LogP contribution in [0.2, 0.25) is 0 Å². The van der Waals surface area contributed by atoms with E-state index >= 15 is 0 Å². The van der Waals surface area contributed by atoms with E-state index in [1.54, 1.807) is 6.08 Å². The van der Waals surface area contributed by atoms with Crippen LogP contribution in [0.25, 0.3) is 12.2 Å². The van der Waals surface area contributed by atoms with E-state index in [1.807, 2.05) is 0 Å². The fourth-order valence-electron chi connectivity index (χ4n) is 1.61. The number of benzene rings is 1. The molecule has 1 aromatic carbocycles. The first-order chi connectivity index (χ1) is 9.90. The summed E-state index contributed by atoms with van der Waals surface area (Å²) in [6, 6.07) is 5.88. The number of methoxy groups -OCH3 is 1. The monoisotopic (exact) mass is 296 g/mol. The van der Waals surface area contributed by atoms with Gasteiger partial charge in [0.05, 0.1) is 12.7 Å². The van der Waals surface area contributed by atoms with Gasteiger partial charge in [0.25, 0.3) is 0 Å². The molecule has 0 fully saturated rings. The molecular formula is C15H11F3O3. The Balaban J connectivity index is 2.18. The number of ether oxygens (including phenoxy) is 1. The van der Waals surface area contributed by atoms with Crippen molar-refractivity contribution in [3.63, 3.8) is 0 Å². The third kappa shape index (κ3) is 3.75. The minimum atomic E-state index is -4.36. The van der Waals surface area contributed by atoms with Gasteiger partial charge in [0.1, 0.15) is 12.0 Å². The Kier molecular flexibility index (Phi) is 4.16. The maximum absolute atomic E-state index is 12.4. The van der Waals surface area contributed by atoms with Crippen molar-refractivity contribution in [2.45, 2.75) is 6.18 Å². The third-order valence-electron chi connectivity index (χ3n) is 2.72. The molecule has 0 unspecified atom stereocenters. The third-order valence-corrected chi connectivity index (χ3v) is 2.72. The van der Waals surface area contributed by atoms with Crippen LogP contribution in [-0.2, 0) is 6.18 Å². The topological polar surface area (TPSA) is 39.4 Å².